The van der Waals surface area contributed by atoms with E-state index in [-0.39, 0.29) is 31.1 Å². The lowest BCUT2D eigenvalue weighted by Gasteiger charge is -2.24. The van der Waals surface area contributed by atoms with E-state index in [4.69, 9.17) is 4.74 Å². The van der Waals surface area contributed by atoms with Crippen LogP contribution in [-0.2, 0) is 30.3 Å². The van der Waals surface area contributed by atoms with Crippen molar-refractivity contribution in [3.05, 3.63) is 35.9 Å². The van der Waals surface area contributed by atoms with Crippen molar-refractivity contribution in [3.63, 3.8) is 0 Å². The van der Waals surface area contributed by atoms with Crippen LogP contribution in [0.25, 0.3) is 0 Å². The largest absolute Gasteiger partial charge is 0.467 e. The van der Waals surface area contributed by atoms with Gasteiger partial charge in [0, 0.05) is 19.5 Å². The summed E-state index contributed by atoms with van der Waals surface area (Å²) >= 11 is 0. The molecule has 0 radical (unpaired) electrons. The number of hydrogen-bond donors (Lipinski definition) is 3. The van der Waals surface area contributed by atoms with E-state index in [1.807, 2.05) is 30.3 Å². The first-order chi connectivity index (χ1) is 17.2. The molecule has 1 aliphatic rings. The highest BCUT2D eigenvalue weighted by Gasteiger charge is 2.28. The van der Waals surface area contributed by atoms with Gasteiger partial charge in [0.05, 0.1) is 13.2 Å². The first-order valence-corrected chi connectivity index (χ1v) is 12.5. The number of aryl methyl sites for hydroxylation is 1. The number of urea groups is 1. The van der Waals surface area contributed by atoms with Crippen LogP contribution < -0.4 is 16.0 Å². The summed E-state index contributed by atoms with van der Waals surface area (Å²) in [5, 5.41) is 7.85. The van der Waals surface area contributed by atoms with E-state index in [2.05, 4.69) is 16.0 Å². The molecular weight excluding hydrogens is 464 g/mol. The Morgan fingerprint density at radius 3 is 2.25 bits per heavy atom. The number of esters is 1. The maximum atomic E-state index is 13.1. The number of aldehydes is 1. The molecule has 0 unspecified atom stereocenters. The lowest BCUT2D eigenvalue weighted by atomic mass is 10.0. The number of nitrogens with one attached hydrogen (secondary N) is 3. The average molecular weight is 503 g/mol. The van der Waals surface area contributed by atoms with E-state index in [1.54, 1.807) is 18.7 Å². The SMILES string of the molecule is COC(=O)[C@@H](NC(=O)N[C@@H](CCc1ccccc1)C(=O)N[C@@H](C=O)CCC(=O)N1CCCC1)C(C)C. The molecule has 3 atom stereocenters. The number of methoxy groups -OCH3 is 1. The molecule has 1 aromatic carbocycles. The van der Waals surface area contributed by atoms with Crippen molar-refractivity contribution in [3.8, 4) is 0 Å². The molecule has 0 saturated carbocycles. The molecule has 0 spiro atoms. The van der Waals surface area contributed by atoms with Gasteiger partial charge in [-0.1, -0.05) is 44.2 Å². The Morgan fingerprint density at radius 1 is 1.00 bits per heavy atom. The van der Waals surface area contributed by atoms with E-state index in [9.17, 15) is 24.0 Å². The number of carbonyl (C=O) groups is 5. The van der Waals surface area contributed by atoms with Gasteiger partial charge >= 0.3 is 12.0 Å². The summed E-state index contributed by atoms with van der Waals surface area (Å²) in [6.07, 6.45) is 3.67. The normalized spacial score (nSPS) is 15.5. The van der Waals surface area contributed by atoms with Gasteiger partial charge in [-0.15, -0.1) is 0 Å². The van der Waals surface area contributed by atoms with Gasteiger partial charge in [-0.3, -0.25) is 9.59 Å². The number of benzene rings is 1. The van der Waals surface area contributed by atoms with Gasteiger partial charge < -0.3 is 30.4 Å². The molecule has 0 aromatic heterocycles. The van der Waals surface area contributed by atoms with Gasteiger partial charge in [0.15, 0.2) is 0 Å². The summed E-state index contributed by atoms with van der Waals surface area (Å²) in [4.78, 5) is 63.5. The maximum Gasteiger partial charge on any atom is 0.328 e. The number of hydrogen-bond acceptors (Lipinski definition) is 6. The van der Waals surface area contributed by atoms with Crippen molar-refractivity contribution < 1.29 is 28.7 Å². The zero-order chi connectivity index (χ0) is 26.5. The molecule has 2 rings (SSSR count). The fourth-order valence-corrected chi connectivity index (χ4v) is 4.05. The van der Waals surface area contributed by atoms with E-state index >= 15 is 0 Å². The summed E-state index contributed by atoms with van der Waals surface area (Å²) in [6.45, 7) is 4.97. The molecule has 10 nitrogen and oxygen atoms in total. The van der Waals surface area contributed by atoms with Gasteiger partial charge in [-0.05, 0) is 43.6 Å². The second-order valence-electron chi connectivity index (χ2n) is 9.32. The van der Waals surface area contributed by atoms with Gasteiger partial charge in [0.1, 0.15) is 18.4 Å². The molecule has 4 amide bonds. The predicted molar refractivity (Wildman–Crippen MR) is 134 cm³/mol. The van der Waals surface area contributed by atoms with Crippen LogP contribution in [0.2, 0.25) is 0 Å². The molecule has 10 heteroatoms. The number of rotatable bonds is 13. The highest BCUT2D eigenvalue weighted by atomic mass is 16.5. The molecule has 0 bridgehead atoms. The van der Waals surface area contributed by atoms with Crippen molar-refractivity contribution in [1.82, 2.24) is 20.9 Å². The van der Waals surface area contributed by atoms with Gasteiger partial charge in [0.2, 0.25) is 11.8 Å². The fraction of sp³-hybridized carbons (Fsp3) is 0.577. The van der Waals surface area contributed by atoms with Crippen molar-refractivity contribution in [1.29, 1.82) is 0 Å². The zero-order valence-electron chi connectivity index (χ0n) is 21.3. The number of nitrogens with zero attached hydrogens (tertiary/aromatic N) is 1. The topological polar surface area (TPSA) is 134 Å². The van der Waals surface area contributed by atoms with Gasteiger partial charge in [0.25, 0.3) is 0 Å². The molecule has 0 aliphatic carbocycles. The Labute approximate surface area is 212 Å². The predicted octanol–water partition coefficient (Wildman–Crippen LogP) is 1.57. The molecule has 1 fully saturated rings. The Morgan fingerprint density at radius 2 is 1.67 bits per heavy atom. The fourth-order valence-electron chi connectivity index (χ4n) is 4.05. The number of amides is 4. The minimum atomic E-state index is -0.965. The Hall–Kier alpha value is -3.43. The van der Waals surface area contributed by atoms with Gasteiger partial charge in [-0.2, -0.15) is 0 Å². The molecule has 198 valence electrons. The van der Waals surface area contributed by atoms with Crippen LogP contribution >= 0.6 is 0 Å². The van der Waals surface area contributed by atoms with Crippen LogP contribution in [0.5, 0.6) is 0 Å². The second kappa shape index (κ2) is 14.9. The third kappa shape index (κ3) is 9.31. The molecule has 1 aliphatic heterocycles. The van der Waals surface area contributed by atoms with Crippen LogP contribution in [0.15, 0.2) is 30.3 Å². The van der Waals surface area contributed by atoms with E-state index in [1.165, 1.54) is 7.11 Å². The van der Waals surface area contributed by atoms with E-state index in [0.717, 1.165) is 31.5 Å². The van der Waals surface area contributed by atoms with Crippen LogP contribution in [-0.4, -0.2) is 73.3 Å². The minimum Gasteiger partial charge on any atom is -0.467 e. The molecule has 1 saturated heterocycles. The standard InChI is InChI=1S/C26H38N4O6/c1-18(2)23(25(34)36-3)29-26(35)28-21(13-11-19-9-5-4-6-10-19)24(33)27-20(17-31)12-14-22(32)30-15-7-8-16-30/h4-6,9-10,17-18,20-21,23H,7-8,11-16H2,1-3H3,(H,27,33)(H2,28,29,35)/t20-,21+,23+/m1/s1. The molecule has 1 heterocycles. The number of ether oxygens (including phenoxy) is 1. The number of carbonyl (C=O) groups excluding carboxylic acids is 5. The third-order valence-corrected chi connectivity index (χ3v) is 6.21. The van der Waals surface area contributed by atoms with Crippen LogP contribution in [0.4, 0.5) is 4.79 Å². The molecule has 1 aromatic rings. The molecule has 36 heavy (non-hydrogen) atoms. The first-order valence-electron chi connectivity index (χ1n) is 12.5. The quantitative estimate of drug-likeness (QED) is 0.277. The van der Waals surface area contributed by atoms with Crippen molar-refractivity contribution in [2.75, 3.05) is 20.2 Å². The monoisotopic (exact) mass is 502 g/mol. The summed E-state index contributed by atoms with van der Waals surface area (Å²) in [5.41, 5.74) is 0.982. The second-order valence-corrected chi connectivity index (χ2v) is 9.32. The minimum absolute atomic E-state index is 0.0331. The van der Waals surface area contributed by atoms with Crippen molar-refractivity contribution >= 4 is 30.1 Å². The summed E-state index contributed by atoms with van der Waals surface area (Å²) in [5.74, 6) is -1.39. The smallest absolute Gasteiger partial charge is 0.328 e. The zero-order valence-corrected chi connectivity index (χ0v) is 21.3. The first kappa shape index (κ1) is 28.8. The number of likely N-dealkylation sites (tertiary alicyclic amines) is 1. The van der Waals surface area contributed by atoms with Crippen molar-refractivity contribution in [2.45, 2.75) is 70.5 Å². The lowest BCUT2D eigenvalue weighted by Crippen LogP contribution is -2.56. The summed E-state index contributed by atoms with van der Waals surface area (Å²) in [7, 11) is 1.24. The van der Waals surface area contributed by atoms with Gasteiger partial charge in [-0.25, -0.2) is 9.59 Å². The Kier molecular flexibility index (Phi) is 11.9. The van der Waals surface area contributed by atoms with Crippen molar-refractivity contribution in [2.24, 2.45) is 5.92 Å². The molecular formula is C26H38N4O6. The average Bonchev–Trinajstić information content (AvgIpc) is 3.42. The molecule has 3 N–H and O–H groups in total. The summed E-state index contributed by atoms with van der Waals surface area (Å²) in [6, 6.07) is 6.09. The Balaban J connectivity index is 2.02. The maximum absolute atomic E-state index is 13.1. The highest BCUT2D eigenvalue weighted by Crippen LogP contribution is 2.11. The third-order valence-electron chi connectivity index (χ3n) is 6.21. The lowest BCUT2D eigenvalue weighted by molar-refractivity contribution is -0.144. The van der Waals surface area contributed by atoms with Crippen LogP contribution in [0.1, 0.15) is 51.5 Å². The van der Waals surface area contributed by atoms with E-state index < -0.39 is 36.0 Å². The Bertz CT molecular complexity index is 886. The van der Waals surface area contributed by atoms with Crippen LogP contribution in [0.3, 0.4) is 0 Å². The van der Waals surface area contributed by atoms with E-state index in [0.29, 0.717) is 12.7 Å². The highest BCUT2D eigenvalue weighted by molar-refractivity contribution is 5.90. The van der Waals surface area contributed by atoms with Crippen LogP contribution in [0, 0.1) is 5.92 Å². The summed E-state index contributed by atoms with van der Waals surface area (Å²) < 4.78 is 4.75.